The number of aromatic amines is 1. The predicted molar refractivity (Wildman–Crippen MR) is 135 cm³/mol. The molecule has 3 heterocycles. The van der Waals surface area contributed by atoms with E-state index in [9.17, 15) is 18.8 Å². The minimum atomic E-state index is -0.804. The number of nitrogens with one attached hydrogen (secondary N) is 2. The molecule has 10 heteroatoms. The molecule has 0 unspecified atom stereocenters. The van der Waals surface area contributed by atoms with E-state index in [0.717, 1.165) is 44.7 Å². The molecule has 4 rings (SSSR count). The van der Waals surface area contributed by atoms with Crippen molar-refractivity contribution in [1.82, 2.24) is 20.1 Å². The summed E-state index contributed by atoms with van der Waals surface area (Å²) in [5.74, 6) is -1.62. The van der Waals surface area contributed by atoms with Gasteiger partial charge >= 0.3 is 5.97 Å². The summed E-state index contributed by atoms with van der Waals surface area (Å²) >= 11 is 0. The number of H-pyrrole nitrogens is 1. The number of anilines is 1. The van der Waals surface area contributed by atoms with Gasteiger partial charge in [-0.3, -0.25) is 19.3 Å². The molecule has 0 radical (unpaired) electrons. The predicted octanol–water partition coefficient (Wildman–Crippen LogP) is 2.11. The smallest absolute Gasteiger partial charge is 0.317 e. The molecule has 1 fully saturated rings. The van der Waals surface area contributed by atoms with Gasteiger partial charge in [-0.05, 0) is 56.7 Å². The number of aliphatic carboxylic acids is 1. The van der Waals surface area contributed by atoms with Crippen molar-refractivity contribution in [2.24, 2.45) is 0 Å². The monoisotopic (exact) mass is 497 g/mol. The number of fused-ring (bicyclic) bond motifs is 1. The van der Waals surface area contributed by atoms with E-state index in [1.807, 2.05) is 18.7 Å². The molecule has 0 aliphatic carbocycles. The van der Waals surface area contributed by atoms with Crippen molar-refractivity contribution in [3.05, 3.63) is 52.1 Å². The van der Waals surface area contributed by atoms with Crippen LogP contribution in [0.25, 0.3) is 11.6 Å². The Labute approximate surface area is 209 Å². The normalized spacial score (nSPS) is 17.6. The van der Waals surface area contributed by atoms with Gasteiger partial charge in [0.15, 0.2) is 0 Å². The van der Waals surface area contributed by atoms with Crippen molar-refractivity contribution >= 4 is 35.1 Å². The fraction of sp³-hybridized carbons (Fsp3) is 0.423. The van der Waals surface area contributed by atoms with Crippen LogP contribution in [-0.2, 0) is 9.59 Å². The Balaban J connectivity index is 1.36. The number of benzene rings is 1. The van der Waals surface area contributed by atoms with Crippen molar-refractivity contribution in [3.63, 3.8) is 0 Å². The second-order valence-corrected chi connectivity index (χ2v) is 9.37. The molecule has 9 nitrogen and oxygen atoms in total. The number of rotatable bonds is 8. The Hall–Kier alpha value is -3.50. The fourth-order valence-corrected chi connectivity index (χ4v) is 4.92. The number of hydrogen-bond donors (Lipinski definition) is 3. The van der Waals surface area contributed by atoms with Gasteiger partial charge in [-0.25, -0.2) is 4.39 Å². The lowest BCUT2D eigenvalue weighted by Gasteiger charge is -2.33. The number of carbonyl (C=O) groups is 3. The van der Waals surface area contributed by atoms with Gasteiger partial charge in [0.1, 0.15) is 5.82 Å². The number of amides is 2. The Morgan fingerprint density at radius 1 is 1.17 bits per heavy atom. The van der Waals surface area contributed by atoms with E-state index in [1.165, 1.54) is 17.0 Å². The van der Waals surface area contributed by atoms with Gasteiger partial charge < -0.3 is 25.2 Å². The Bertz CT molecular complexity index is 1210. The second kappa shape index (κ2) is 10.6. The second-order valence-electron chi connectivity index (χ2n) is 9.37. The number of carboxylic acid groups (broad SMARTS) is 1. The molecule has 192 valence electrons. The standard InChI is InChI=1S/C26H32FN5O4/c1-16-21(14-20-19-13-18(27)5-6-22(19)30(3)26(20)36)29-17(2)24(16)25(35)28-7-4-8-31-9-11-32(12-10-31)15-23(33)34/h5-6,13-14,29H,4,7-12,15H2,1-3H3,(H,28,35)(H,33,34)/b20-14-. The van der Waals surface area contributed by atoms with Crippen molar-refractivity contribution in [2.75, 3.05) is 57.8 Å². The number of aromatic nitrogens is 1. The number of piperazine rings is 1. The number of hydrogen-bond acceptors (Lipinski definition) is 5. The molecule has 0 saturated carbocycles. The van der Waals surface area contributed by atoms with E-state index in [2.05, 4.69) is 15.2 Å². The van der Waals surface area contributed by atoms with Gasteiger partial charge in [0.05, 0.1) is 23.4 Å². The van der Waals surface area contributed by atoms with Crippen LogP contribution in [0.15, 0.2) is 18.2 Å². The zero-order chi connectivity index (χ0) is 26.0. The molecule has 2 aromatic rings. The maximum absolute atomic E-state index is 13.9. The number of halogens is 1. The third-order valence-electron chi connectivity index (χ3n) is 6.90. The van der Waals surface area contributed by atoms with Crippen LogP contribution in [0, 0.1) is 19.7 Å². The van der Waals surface area contributed by atoms with E-state index < -0.39 is 11.8 Å². The summed E-state index contributed by atoms with van der Waals surface area (Å²) in [5.41, 5.74) is 4.18. The SMILES string of the molecule is Cc1[nH]c(/C=C2\C(=O)N(C)c3ccc(F)cc32)c(C)c1C(=O)NCCCN1CCN(CC(=O)O)CC1. The number of carbonyl (C=O) groups excluding carboxylic acids is 2. The highest BCUT2D eigenvalue weighted by molar-refractivity contribution is 6.35. The lowest BCUT2D eigenvalue weighted by molar-refractivity contribution is -0.138. The summed E-state index contributed by atoms with van der Waals surface area (Å²) in [4.78, 5) is 45.5. The van der Waals surface area contributed by atoms with Crippen LogP contribution < -0.4 is 10.2 Å². The summed E-state index contributed by atoms with van der Waals surface area (Å²) in [7, 11) is 1.65. The van der Waals surface area contributed by atoms with E-state index in [-0.39, 0.29) is 18.4 Å². The van der Waals surface area contributed by atoms with Crippen molar-refractivity contribution < 1.29 is 23.9 Å². The zero-order valence-corrected chi connectivity index (χ0v) is 20.9. The highest BCUT2D eigenvalue weighted by Gasteiger charge is 2.30. The molecule has 0 bridgehead atoms. The first-order chi connectivity index (χ1) is 17.2. The third-order valence-corrected chi connectivity index (χ3v) is 6.90. The lowest BCUT2D eigenvalue weighted by atomic mass is 10.0. The quantitative estimate of drug-likeness (QED) is 0.381. The summed E-state index contributed by atoms with van der Waals surface area (Å²) < 4.78 is 13.9. The van der Waals surface area contributed by atoms with Crippen LogP contribution in [0.1, 0.15) is 39.3 Å². The van der Waals surface area contributed by atoms with E-state index in [1.54, 1.807) is 19.2 Å². The van der Waals surface area contributed by atoms with Gasteiger partial charge in [-0.1, -0.05) is 0 Å². The third kappa shape index (κ3) is 5.34. The molecule has 36 heavy (non-hydrogen) atoms. The molecule has 3 N–H and O–H groups in total. The summed E-state index contributed by atoms with van der Waals surface area (Å²) in [5, 5.41) is 11.9. The molecule has 2 aliphatic rings. The van der Waals surface area contributed by atoms with Crippen molar-refractivity contribution in [3.8, 4) is 0 Å². The van der Waals surface area contributed by atoms with Gasteiger partial charge in [0, 0.05) is 56.7 Å². The Kier molecular flexibility index (Phi) is 7.56. The fourth-order valence-electron chi connectivity index (χ4n) is 4.92. The Morgan fingerprint density at radius 2 is 1.86 bits per heavy atom. The van der Waals surface area contributed by atoms with Gasteiger partial charge in [-0.15, -0.1) is 0 Å². The number of carboxylic acids is 1. The Morgan fingerprint density at radius 3 is 2.56 bits per heavy atom. The molecule has 2 amide bonds. The van der Waals surface area contributed by atoms with Crippen LogP contribution in [0.4, 0.5) is 10.1 Å². The first kappa shape index (κ1) is 25.6. The van der Waals surface area contributed by atoms with E-state index in [0.29, 0.717) is 40.3 Å². The molecular weight excluding hydrogens is 465 g/mol. The zero-order valence-electron chi connectivity index (χ0n) is 20.9. The molecule has 1 saturated heterocycles. The minimum absolute atomic E-state index is 0.0756. The number of aryl methyl sites for hydroxylation is 1. The molecule has 1 aromatic heterocycles. The molecule has 1 aromatic carbocycles. The summed E-state index contributed by atoms with van der Waals surface area (Å²) in [6.07, 6.45) is 2.47. The largest absolute Gasteiger partial charge is 0.480 e. The van der Waals surface area contributed by atoms with Crippen LogP contribution in [0.5, 0.6) is 0 Å². The molecule has 2 aliphatic heterocycles. The maximum Gasteiger partial charge on any atom is 0.317 e. The number of nitrogens with zero attached hydrogens (tertiary/aromatic N) is 3. The lowest BCUT2D eigenvalue weighted by Crippen LogP contribution is -2.48. The van der Waals surface area contributed by atoms with Gasteiger partial charge in [0.2, 0.25) is 0 Å². The topological polar surface area (TPSA) is 109 Å². The average molecular weight is 498 g/mol. The van der Waals surface area contributed by atoms with Crippen LogP contribution in [0.3, 0.4) is 0 Å². The van der Waals surface area contributed by atoms with E-state index in [4.69, 9.17) is 5.11 Å². The van der Waals surface area contributed by atoms with Crippen LogP contribution >= 0.6 is 0 Å². The van der Waals surface area contributed by atoms with Gasteiger partial charge in [0.25, 0.3) is 11.8 Å². The molecular formula is C26H32FN5O4. The first-order valence-electron chi connectivity index (χ1n) is 12.1. The average Bonchev–Trinajstić information content (AvgIpc) is 3.24. The molecule has 0 atom stereocenters. The first-order valence-corrected chi connectivity index (χ1v) is 12.1. The summed E-state index contributed by atoms with van der Waals surface area (Å²) in [6, 6.07) is 4.27. The minimum Gasteiger partial charge on any atom is -0.480 e. The number of likely N-dealkylation sites (N-methyl/N-ethyl adjacent to an activating group) is 1. The van der Waals surface area contributed by atoms with Gasteiger partial charge in [-0.2, -0.15) is 0 Å². The van der Waals surface area contributed by atoms with Crippen molar-refractivity contribution in [1.29, 1.82) is 0 Å². The highest BCUT2D eigenvalue weighted by atomic mass is 19.1. The van der Waals surface area contributed by atoms with Crippen LogP contribution in [0.2, 0.25) is 0 Å². The maximum atomic E-state index is 13.9. The van der Waals surface area contributed by atoms with E-state index >= 15 is 0 Å². The van der Waals surface area contributed by atoms with Crippen LogP contribution in [-0.4, -0.2) is 90.5 Å². The van der Waals surface area contributed by atoms with Crippen molar-refractivity contribution in [2.45, 2.75) is 20.3 Å². The summed E-state index contributed by atoms with van der Waals surface area (Å²) in [6.45, 7) is 8.16. The molecule has 0 spiro atoms. The highest BCUT2D eigenvalue weighted by Crippen LogP contribution is 2.37.